The Morgan fingerprint density at radius 1 is 1.30 bits per heavy atom. The molecule has 0 fully saturated rings. The molecule has 1 aromatic rings. The fourth-order valence-corrected chi connectivity index (χ4v) is 1.89. The topological polar surface area (TPSA) is 84.9 Å². The summed E-state index contributed by atoms with van der Waals surface area (Å²) >= 11 is 0. The molecular formula is C16H22FNO5. The molecule has 1 aromatic carbocycles. The highest BCUT2D eigenvalue weighted by atomic mass is 19.1. The number of nitrogens with one attached hydrogen (secondary N) is 1. The van der Waals surface area contributed by atoms with Gasteiger partial charge < -0.3 is 19.9 Å². The third-order valence-corrected chi connectivity index (χ3v) is 3.22. The van der Waals surface area contributed by atoms with E-state index in [4.69, 9.17) is 14.6 Å². The van der Waals surface area contributed by atoms with Crippen molar-refractivity contribution in [3.8, 4) is 0 Å². The quantitative estimate of drug-likeness (QED) is 0.676. The van der Waals surface area contributed by atoms with Gasteiger partial charge in [-0.2, -0.15) is 0 Å². The summed E-state index contributed by atoms with van der Waals surface area (Å²) in [4.78, 5) is 23.3. The molecule has 1 amide bonds. The summed E-state index contributed by atoms with van der Waals surface area (Å²) in [6, 6.07) is 2.82. The third-order valence-electron chi connectivity index (χ3n) is 3.22. The average molecular weight is 327 g/mol. The number of carbonyl (C=O) groups is 2. The molecule has 0 unspecified atom stereocenters. The highest BCUT2D eigenvalue weighted by molar-refractivity contribution is 5.96. The van der Waals surface area contributed by atoms with Crippen molar-refractivity contribution in [2.24, 2.45) is 5.92 Å². The molecule has 0 aromatic heterocycles. The third kappa shape index (κ3) is 5.96. The summed E-state index contributed by atoms with van der Waals surface area (Å²) in [5.41, 5.74) is 0.411. The van der Waals surface area contributed by atoms with Gasteiger partial charge in [0.2, 0.25) is 0 Å². The molecule has 23 heavy (non-hydrogen) atoms. The van der Waals surface area contributed by atoms with E-state index in [1.807, 2.05) is 0 Å². The van der Waals surface area contributed by atoms with Crippen LogP contribution in [0.2, 0.25) is 0 Å². The Labute approximate surface area is 134 Å². The molecular weight excluding hydrogens is 305 g/mol. The lowest BCUT2D eigenvalue weighted by Crippen LogP contribution is -2.44. The summed E-state index contributed by atoms with van der Waals surface area (Å²) in [6.45, 7) is 4.08. The molecule has 7 heteroatoms. The minimum atomic E-state index is -1.11. The number of halogens is 1. The second-order valence-corrected chi connectivity index (χ2v) is 5.38. The summed E-state index contributed by atoms with van der Waals surface area (Å²) in [5.74, 6) is -2.44. The Balaban J connectivity index is 2.79. The largest absolute Gasteiger partial charge is 0.480 e. The van der Waals surface area contributed by atoms with E-state index in [-0.39, 0.29) is 23.7 Å². The van der Waals surface area contributed by atoms with E-state index in [1.165, 1.54) is 19.2 Å². The zero-order chi connectivity index (χ0) is 17.4. The van der Waals surface area contributed by atoms with Gasteiger partial charge in [0.1, 0.15) is 11.9 Å². The molecule has 0 bridgehead atoms. The molecule has 1 atom stereocenters. The van der Waals surface area contributed by atoms with Gasteiger partial charge in [-0.15, -0.1) is 0 Å². The van der Waals surface area contributed by atoms with Crippen LogP contribution < -0.4 is 5.32 Å². The van der Waals surface area contributed by atoms with Crippen LogP contribution >= 0.6 is 0 Å². The first-order valence-electron chi connectivity index (χ1n) is 7.25. The highest BCUT2D eigenvalue weighted by Crippen LogP contribution is 2.13. The van der Waals surface area contributed by atoms with Crippen molar-refractivity contribution < 1.29 is 28.6 Å². The molecule has 2 N–H and O–H groups in total. The first-order chi connectivity index (χ1) is 10.9. The van der Waals surface area contributed by atoms with Crippen molar-refractivity contribution in [1.82, 2.24) is 5.32 Å². The number of rotatable bonds is 9. The van der Waals surface area contributed by atoms with E-state index in [0.717, 1.165) is 6.07 Å². The summed E-state index contributed by atoms with van der Waals surface area (Å²) in [6.07, 6.45) is 0. The van der Waals surface area contributed by atoms with Crippen LogP contribution in [-0.2, 0) is 20.9 Å². The number of hydrogen-bond acceptors (Lipinski definition) is 4. The van der Waals surface area contributed by atoms with Crippen LogP contribution in [0.15, 0.2) is 18.2 Å². The van der Waals surface area contributed by atoms with Crippen molar-refractivity contribution in [1.29, 1.82) is 0 Å². The number of benzene rings is 1. The van der Waals surface area contributed by atoms with E-state index in [2.05, 4.69) is 5.32 Å². The van der Waals surface area contributed by atoms with Gasteiger partial charge in [-0.1, -0.05) is 13.8 Å². The van der Waals surface area contributed by atoms with Gasteiger partial charge in [0.25, 0.3) is 5.91 Å². The molecule has 0 aliphatic carbocycles. The van der Waals surface area contributed by atoms with E-state index in [1.54, 1.807) is 13.8 Å². The van der Waals surface area contributed by atoms with Gasteiger partial charge in [0.15, 0.2) is 0 Å². The van der Waals surface area contributed by atoms with Crippen LogP contribution in [0.1, 0.15) is 29.8 Å². The maximum atomic E-state index is 13.7. The molecule has 1 rings (SSSR count). The molecule has 6 nitrogen and oxygen atoms in total. The molecule has 128 valence electrons. The number of carbonyl (C=O) groups excluding carboxylic acids is 1. The number of carboxylic acids is 1. The fraction of sp³-hybridized carbons (Fsp3) is 0.500. The van der Waals surface area contributed by atoms with Gasteiger partial charge in [0, 0.05) is 18.2 Å². The minimum absolute atomic E-state index is 0.00283. The van der Waals surface area contributed by atoms with Crippen molar-refractivity contribution in [3.63, 3.8) is 0 Å². The Bertz CT molecular complexity index is 547. The second-order valence-electron chi connectivity index (χ2n) is 5.38. The number of aliphatic carboxylic acids is 1. The predicted molar refractivity (Wildman–Crippen MR) is 81.7 cm³/mol. The van der Waals surface area contributed by atoms with Gasteiger partial charge in [0.05, 0.1) is 19.8 Å². The molecule has 0 saturated heterocycles. The normalized spacial score (nSPS) is 12.2. The van der Waals surface area contributed by atoms with Gasteiger partial charge in [-0.25, -0.2) is 9.18 Å². The highest BCUT2D eigenvalue weighted by Gasteiger charge is 2.24. The number of ether oxygens (including phenoxy) is 2. The Morgan fingerprint density at radius 3 is 2.57 bits per heavy atom. The maximum absolute atomic E-state index is 13.7. The first kappa shape index (κ1) is 19.1. The minimum Gasteiger partial charge on any atom is -0.480 e. The first-order valence-corrected chi connectivity index (χ1v) is 7.25. The van der Waals surface area contributed by atoms with Gasteiger partial charge in [-0.3, -0.25) is 4.79 Å². The lowest BCUT2D eigenvalue weighted by Gasteiger charge is -2.18. The van der Waals surface area contributed by atoms with Gasteiger partial charge >= 0.3 is 5.97 Å². The maximum Gasteiger partial charge on any atom is 0.326 e. The van der Waals surface area contributed by atoms with E-state index < -0.39 is 23.7 Å². The molecule has 0 aliphatic rings. The lowest BCUT2D eigenvalue weighted by molar-refractivity contribution is -0.140. The van der Waals surface area contributed by atoms with Crippen molar-refractivity contribution >= 4 is 11.9 Å². The summed E-state index contributed by atoms with van der Waals surface area (Å²) < 4.78 is 23.8. The van der Waals surface area contributed by atoms with Crippen LogP contribution in [0.5, 0.6) is 0 Å². The van der Waals surface area contributed by atoms with Crippen LogP contribution in [0.3, 0.4) is 0 Å². The van der Waals surface area contributed by atoms with Gasteiger partial charge in [-0.05, 0) is 24.1 Å². The number of carboxylic acid groups (broad SMARTS) is 1. The Hall–Kier alpha value is -1.99. The second kappa shape index (κ2) is 9.22. The number of methoxy groups -OCH3 is 1. The zero-order valence-electron chi connectivity index (χ0n) is 13.5. The fourth-order valence-electron chi connectivity index (χ4n) is 1.89. The summed E-state index contributed by atoms with van der Waals surface area (Å²) in [7, 11) is 1.53. The van der Waals surface area contributed by atoms with Crippen LogP contribution in [0.25, 0.3) is 0 Å². The van der Waals surface area contributed by atoms with Crippen molar-refractivity contribution in [2.45, 2.75) is 26.5 Å². The molecule has 0 heterocycles. The number of amides is 1. The summed E-state index contributed by atoms with van der Waals surface area (Å²) in [5, 5.41) is 11.5. The SMILES string of the molecule is COCCOCc1cc(C(=O)N[C@@H](C(=O)O)C(C)C)ccc1F. The number of hydrogen-bond donors (Lipinski definition) is 2. The molecule has 0 spiro atoms. The lowest BCUT2D eigenvalue weighted by atomic mass is 10.0. The van der Waals surface area contributed by atoms with Crippen molar-refractivity contribution in [2.75, 3.05) is 20.3 Å². The molecule has 0 radical (unpaired) electrons. The van der Waals surface area contributed by atoms with E-state index >= 15 is 0 Å². The standard InChI is InChI=1S/C16H22FNO5/c1-10(2)14(16(20)21)18-15(19)11-4-5-13(17)12(8-11)9-23-7-6-22-3/h4-5,8,10,14H,6-7,9H2,1-3H3,(H,18,19)(H,20,21)/t14-/m1/s1. The predicted octanol–water partition coefficient (Wildman–Crippen LogP) is 1.83. The zero-order valence-corrected chi connectivity index (χ0v) is 13.5. The van der Waals surface area contributed by atoms with Crippen molar-refractivity contribution in [3.05, 3.63) is 35.1 Å². The Kier molecular flexibility index (Phi) is 7.64. The van der Waals surface area contributed by atoms with Crippen LogP contribution in [0, 0.1) is 11.7 Å². The monoisotopic (exact) mass is 327 g/mol. The smallest absolute Gasteiger partial charge is 0.326 e. The average Bonchev–Trinajstić information content (AvgIpc) is 2.49. The Morgan fingerprint density at radius 2 is 2.00 bits per heavy atom. The molecule has 0 saturated carbocycles. The van der Waals surface area contributed by atoms with E-state index in [9.17, 15) is 14.0 Å². The molecule has 0 aliphatic heterocycles. The van der Waals surface area contributed by atoms with E-state index in [0.29, 0.717) is 13.2 Å². The van der Waals surface area contributed by atoms with Crippen LogP contribution in [0.4, 0.5) is 4.39 Å². The van der Waals surface area contributed by atoms with Crippen LogP contribution in [-0.4, -0.2) is 43.3 Å².